The third-order valence-electron chi connectivity index (χ3n) is 2.05. The molecule has 88 valence electrons. The van der Waals surface area contributed by atoms with Gasteiger partial charge < -0.3 is 14.9 Å². The summed E-state index contributed by atoms with van der Waals surface area (Å²) in [6, 6.07) is 9.97. The molecule has 0 unspecified atom stereocenters. The van der Waals surface area contributed by atoms with Gasteiger partial charge in [0.25, 0.3) is 0 Å². The third-order valence-corrected chi connectivity index (χ3v) is 3.03. The lowest BCUT2D eigenvalue weighted by molar-refractivity contribution is 0.375. The molecule has 2 rings (SSSR count). The fourth-order valence-corrected chi connectivity index (χ4v) is 1.99. The van der Waals surface area contributed by atoms with E-state index in [9.17, 15) is 10.2 Å². The van der Waals surface area contributed by atoms with Gasteiger partial charge >= 0.3 is 0 Å². The molecule has 0 fully saturated rings. The van der Waals surface area contributed by atoms with Crippen LogP contribution in [0.1, 0.15) is 0 Å². The number of phenolic OH excluding ortho intramolecular Hbond substituents is 2. The minimum Gasteiger partial charge on any atom is -0.504 e. The summed E-state index contributed by atoms with van der Waals surface area (Å²) in [5.41, 5.74) is 0. The first-order valence-electron chi connectivity index (χ1n) is 4.71. The van der Waals surface area contributed by atoms with Crippen molar-refractivity contribution in [3.8, 4) is 23.0 Å². The average Bonchev–Trinajstić information content (AvgIpc) is 2.26. The lowest BCUT2D eigenvalue weighted by Gasteiger charge is -2.09. The first kappa shape index (κ1) is 12.3. The Kier molecular flexibility index (Phi) is 3.59. The average molecular weight is 360 g/mol. The zero-order valence-electron chi connectivity index (χ0n) is 8.52. The highest BCUT2D eigenvalue weighted by Gasteiger charge is 2.11. The van der Waals surface area contributed by atoms with Crippen molar-refractivity contribution in [1.29, 1.82) is 0 Å². The van der Waals surface area contributed by atoms with Crippen LogP contribution in [0.25, 0.3) is 0 Å². The van der Waals surface area contributed by atoms with Gasteiger partial charge in [0, 0.05) is 8.95 Å². The molecule has 0 aliphatic rings. The van der Waals surface area contributed by atoms with E-state index in [2.05, 4.69) is 31.9 Å². The maximum absolute atomic E-state index is 9.66. The molecular weight excluding hydrogens is 352 g/mol. The van der Waals surface area contributed by atoms with Crippen LogP contribution in [0.5, 0.6) is 23.0 Å². The van der Waals surface area contributed by atoms with Crippen LogP contribution < -0.4 is 4.74 Å². The predicted octanol–water partition coefficient (Wildman–Crippen LogP) is 4.42. The fraction of sp³-hybridized carbons (Fsp3) is 0. The minimum absolute atomic E-state index is 0.0375. The zero-order chi connectivity index (χ0) is 12.4. The first-order chi connectivity index (χ1) is 8.06. The first-order valence-corrected chi connectivity index (χ1v) is 6.30. The molecule has 0 radical (unpaired) electrons. The van der Waals surface area contributed by atoms with Crippen LogP contribution in [0.15, 0.2) is 45.3 Å². The lowest BCUT2D eigenvalue weighted by Crippen LogP contribution is -1.86. The summed E-state index contributed by atoms with van der Waals surface area (Å²) in [4.78, 5) is 0. The van der Waals surface area contributed by atoms with Crippen molar-refractivity contribution < 1.29 is 14.9 Å². The number of phenols is 2. The second kappa shape index (κ2) is 4.98. The molecule has 0 heterocycles. The third kappa shape index (κ3) is 2.92. The Morgan fingerprint density at radius 1 is 0.824 bits per heavy atom. The summed E-state index contributed by atoms with van der Waals surface area (Å²) in [6.45, 7) is 0. The highest BCUT2D eigenvalue weighted by molar-refractivity contribution is 9.10. The van der Waals surface area contributed by atoms with Crippen LogP contribution in [0.4, 0.5) is 0 Å². The molecule has 0 spiro atoms. The molecule has 17 heavy (non-hydrogen) atoms. The van der Waals surface area contributed by atoms with E-state index in [1.54, 1.807) is 12.1 Å². The topological polar surface area (TPSA) is 49.7 Å². The molecule has 0 saturated heterocycles. The summed E-state index contributed by atoms with van der Waals surface area (Å²) in [7, 11) is 0. The van der Waals surface area contributed by atoms with Crippen molar-refractivity contribution in [2.24, 2.45) is 0 Å². The number of ether oxygens (including phenoxy) is 1. The second-order valence-corrected chi connectivity index (χ2v) is 5.16. The summed E-state index contributed by atoms with van der Waals surface area (Å²) in [5.74, 6) is 0.316. The van der Waals surface area contributed by atoms with Gasteiger partial charge in [0.15, 0.2) is 11.5 Å². The van der Waals surface area contributed by atoms with E-state index in [1.807, 2.05) is 12.1 Å². The highest BCUT2D eigenvalue weighted by atomic mass is 79.9. The number of aromatic hydroxyl groups is 2. The van der Waals surface area contributed by atoms with Crippen molar-refractivity contribution >= 4 is 31.9 Å². The molecular formula is C12H8Br2O3. The highest BCUT2D eigenvalue weighted by Crippen LogP contribution is 2.41. The van der Waals surface area contributed by atoms with Crippen LogP contribution in [-0.2, 0) is 0 Å². The summed E-state index contributed by atoms with van der Waals surface area (Å²) < 4.78 is 6.91. The van der Waals surface area contributed by atoms with Crippen LogP contribution in [0, 0.1) is 0 Å². The van der Waals surface area contributed by atoms with Crippen LogP contribution in [0.2, 0.25) is 0 Å². The number of benzene rings is 2. The van der Waals surface area contributed by atoms with Gasteiger partial charge in [0.1, 0.15) is 5.75 Å². The van der Waals surface area contributed by atoms with Crippen LogP contribution >= 0.6 is 31.9 Å². The summed E-state index contributed by atoms with van der Waals surface area (Å²) >= 11 is 6.47. The minimum atomic E-state index is -0.125. The Morgan fingerprint density at radius 3 is 1.88 bits per heavy atom. The molecule has 0 amide bonds. The smallest absolute Gasteiger partial charge is 0.210 e. The van der Waals surface area contributed by atoms with E-state index in [1.165, 1.54) is 12.1 Å². The molecule has 0 aliphatic heterocycles. The van der Waals surface area contributed by atoms with Gasteiger partial charge in [-0.3, -0.25) is 0 Å². The van der Waals surface area contributed by atoms with E-state index in [0.29, 0.717) is 10.2 Å². The largest absolute Gasteiger partial charge is 0.504 e. The fourth-order valence-electron chi connectivity index (χ4n) is 1.29. The zero-order valence-corrected chi connectivity index (χ0v) is 11.7. The van der Waals surface area contributed by atoms with Crippen LogP contribution in [-0.4, -0.2) is 10.2 Å². The Balaban J connectivity index is 2.33. The molecule has 3 nitrogen and oxygen atoms in total. The molecule has 0 aromatic heterocycles. The molecule has 2 N–H and O–H groups in total. The Morgan fingerprint density at radius 2 is 1.35 bits per heavy atom. The molecule has 0 saturated carbocycles. The van der Waals surface area contributed by atoms with Crippen molar-refractivity contribution in [3.63, 3.8) is 0 Å². The molecule has 2 aromatic carbocycles. The van der Waals surface area contributed by atoms with E-state index in [0.717, 1.165) is 4.47 Å². The maximum atomic E-state index is 9.66. The van der Waals surface area contributed by atoms with Gasteiger partial charge in [-0.2, -0.15) is 0 Å². The van der Waals surface area contributed by atoms with E-state index in [4.69, 9.17) is 4.74 Å². The molecule has 0 bridgehead atoms. The normalized spacial score (nSPS) is 10.2. The Bertz CT molecular complexity index is 515. The quantitative estimate of drug-likeness (QED) is 0.834. The number of rotatable bonds is 2. The van der Waals surface area contributed by atoms with Gasteiger partial charge in [0.2, 0.25) is 5.75 Å². The Hall–Kier alpha value is -1.20. The number of hydrogen-bond acceptors (Lipinski definition) is 3. The van der Waals surface area contributed by atoms with Crippen molar-refractivity contribution in [2.75, 3.05) is 0 Å². The lowest BCUT2D eigenvalue weighted by atomic mass is 10.3. The van der Waals surface area contributed by atoms with Gasteiger partial charge in [-0.05, 0) is 36.4 Å². The molecule has 2 aromatic rings. The van der Waals surface area contributed by atoms with Gasteiger partial charge in [-0.25, -0.2) is 0 Å². The summed E-state index contributed by atoms with van der Waals surface area (Å²) in [5, 5.41) is 19.3. The van der Waals surface area contributed by atoms with E-state index >= 15 is 0 Å². The second-order valence-electron chi connectivity index (χ2n) is 3.33. The maximum Gasteiger partial charge on any atom is 0.210 e. The molecule has 0 aliphatic carbocycles. The van der Waals surface area contributed by atoms with Crippen molar-refractivity contribution in [3.05, 3.63) is 45.3 Å². The molecule has 5 heteroatoms. The Labute approximate surface area is 115 Å². The SMILES string of the molecule is Oc1cc(Br)cc(O)c1Oc1ccc(Br)cc1. The number of hydrogen-bond donors (Lipinski definition) is 2. The van der Waals surface area contributed by atoms with Gasteiger partial charge in [0.05, 0.1) is 0 Å². The van der Waals surface area contributed by atoms with E-state index in [-0.39, 0.29) is 17.2 Å². The van der Waals surface area contributed by atoms with Gasteiger partial charge in [-0.15, -0.1) is 0 Å². The van der Waals surface area contributed by atoms with Crippen LogP contribution in [0.3, 0.4) is 0 Å². The number of halogens is 2. The summed E-state index contributed by atoms with van der Waals surface area (Å²) in [6.07, 6.45) is 0. The van der Waals surface area contributed by atoms with Crippen molar-refractivity contribution in [2.45, 2.75) is 0 Å². The van der Waals surface area contributed by atoms with Gasteiger partial charge in [-0.1, -0.05) is 31.9 Å². The monoisotopic (exact) mass is 358 g/mol. The van der Waals surface area contributed by atoms with E-state index < -0.39 is 0 Å². The molecule has 0 atom stereocenters. The standard InChI is InChI=1S/C12H8Br2O3/c13-7-1-3-9(4-2-7)17-12-10(15)5-8(14)6-11(12)16/h1-6,15-16H. The predicted molar refractivity (Wildman–Crippen MR) is 71.7 cm³/mol. The van der Waals surface area contributed by atoms with Crippen molar-refractivity contribution in [1.82, 2.24) is 0 Å².